The van der Waals surface area contributed by atoms with Crippen LogP contribution in [0.2, 0.25) is 0 Å². The Hall–Kier alpha value is -2.63. The number of hydrogen-bond acceptors (Lipinski definition) is 3. The van der Waals surface area contributed by atoms with E-state index in [4.69, 9.17) is 0 Å². The smallest absolute Gasteiger partial charge is 0.270 e. The van der Waals surface area contributed by atoms with Gasteiger partial charge in [-0.3, -0.25) is 9.69 Å². The molecule has 3 aromatic rings. The number of carbonyl (C=O) groups excluding carboxylic acids is 1. The molecule has 0 atom stereocenters. The average molecular weight is 445 g/mol. The molecule has 0 saturated carbocycles. The number of amides is 1. The summed E-state index contributed by atoms with van der Waals surface area (Å²) in [6.07, 6.45) is 2.35. The topological polar surface area (TPSA) is 42.6 Å². The number of para-hydroxylation sites is 1. The second-order valence-corrected chi connectivity index (χ2v) is 9.98. The second kappa shape index (κ2) is 9.32. The van der Waals surface area contributed by atoms with Crippen molar-refractivity contribution in [2.24, 2.45) is 0 Å². The second-order valence-electron chi connectivity index (χ2n) is 9.98. The van der Waals surface area contributed by atoms with Gasteiger partial charge >= 0.3 is 0 Å². The molecular formula is C28H36N4O. The standard InChI is InChI=1S/C28H36N4O/c1-20-7-6-8-21(2)26(20)22-11-13-31(14-12-22)19-24-23-9-4-5-10-25(23)29-27(24)28(33)32-17-15-30(3)16-18-32/h4-10,22,29H,11-19H2,1-3H3. The van der Waals surface area contributed by atoms with E-state index in [0.717, 1.165) is 57.0 Å². The van der Waals surface area contributed by atoms with Crippen molar-refractivity contribution in [2.75, 3.05) is 46.3 Å². The first-order valence-electron chi connectivity index (χ1n) is 12.4. The summed E-state index contributed by atoms with van der Waals surface area (Å²) in [5, 5.41) is 1.19. The van der Waals surface area contributed by atoms with Gasteiger partial charge in [-0.1, -0.05) is 36.4 Å². The van der Waals surface area contributed by atoms with Crippen LogP contribution in [-0.2, 0) is 6.54 Å². The van der Waals surface area contributed by atoms with Crippen molar-refractivity contribution < 1.29 is 4.79 Å². The number of fused-ring (bicyclic) bond motifs is 1. The Bertz CT molecular complexity index is 1110. The van der Waals surface area contributed by atoms with Gasteiger partial charge in [-0.05, 0) is 75.5 Å². The number of nitrogens with zero attached hydrogens (tertiary/aromatic N) is 3. The third kappa shape index (κ3) is 4.44. The molecule has 5 rings (SSSR count). The van der Waals surface area contributed by atoms with Crippen molar-refractivity contribution >= 4 is 16.8 Å². The van der Waals surface area contributed by atoms with Gasteiger partial charge in [0.1, 0.15) is 5.69 Å². The van der Waals surface area contributed by atoms with Crippen molar-refractivity contribution in [3.63, 3.8) is 0 Å². The number of H-pyrrole nitrogens is 1. The van der Waals surface area contributed by atoms with Gasteiger partial charge in [0, 0.05) is 49.2 Å². The Balaban J connectivity index is 1.35. The summed E-state index contributed by atoms with van der Waals surface area (Å²) in [6.45, 7) is 10.9. The molecule has 33 heavy (non-hydrogen) atoms. The lowest BCUT2D eigenvalue weighted by Crippen LogP contribution is -2.47. The highest BCUT2D eigenvalue weighted by Gasteiger charge is 2.28. The lowest BCUT2D eigenvalue weighted by Gasteiger charge is -2.34. The minimum absolute atomic E-state index is 0.153. The van der Waals surface area contributed by atoms with Crippen molar-refractivity contribution in [1.29, 1.82) is 0 Å². The van der Waals surface area contributed by atoms with Crippen molar-refractivity contribution in [3.05, 3.63) is 70.4 Å². The number of aromatic nitrogens is 1. The fourth-order valence-corrected chi connectivity index (χ4v) is 5.79. The number of carbonyl (C=O) groups is 1. The van der Waals surface area contributed by atoms with Gasteiger partial charge in [0.25, 0.3) is 5.91 Å². The van der Waals surface area contributed by atoms with Gasteiger partial charge in [-0.25, -0.2) is 0 Å². The van der Waals surface area contributed by atoms with Crippen LogP contribution in [0.4, 0.5) is 0 Å². The first-order valence-corrected chi connectivity index (χ1v) is 12.4. The molecular weight excluding hydrogens is 408 g/mol. The summed E-state index contributed by atoms with van der Waals surface area (Å²) in [6, 6.07) is 15.0. The zero-order valence-electron chi connectivity index (χ0n) is 20.2. The number of likely N-dealkylation sites (N-methyl/N-ethyl adjacent to an activating group) is 1. The summed E-state index contributed by atoms with van der Waals surface area (Å²) in [7, 11) is 2.12. The van der Waals surface area contributed by atoms with Crippen LogP contribution in [-0.4, -0.2) is 71.9 Å². The number of aromatic amines is 1. The highest BCUT2D eigenvalue weighted by Crippen LogP contribution is 2.34. The van der Waals surface area contributed by atoms with Gasteiger partial charge in [-0.15, -0.1) is 0 Å². The predicted molar refractivity (Wildman–Crippen MR) is 135 cm³/mol. The van der Waals surface area contributed by atoms with Gasteiger partial charge in [-0.2, -0.15) is 0 Å². The summed E-state index contributed by atoms with van der Waals surface area (Å²) < 4.78 is 0. The van der Waals surface area contributed by atoms with Crippen LogP contribution in [0.15, 0.2) is 42.5 Å². The summed E-state index contributed by atoms with van der Waals surface area (Å²) >= 11 is 0. The van der Waals surface area contributed by atoms with Crippen molar-refractivity contribution in [1.82, 2.24) is 19.7 Å². The minimum Gasteiger partial charge on any atom is -0.350 e. The number of likely N-dealkylation sites (tertiary alicyclic amines) is 1. The van der Waals surface area contributed by atoms with Gasteiger partial charge in [0.2, 0.25) is 0 Å². The molecule has 5 nitrogen and oxygen atoms in total. The van der Waals surface area contributed by atoms with Crippen molar-refractivity contribution in [2.45, 2.75) is 39.2 Å². The normalized spacial score (nSPS) is 18.8. The van der Waals surface area contributed by atoms with E-state index in [0.29, 0.717) is 5.92 Å². The van der Waals surface area contributed by atoms with Crippen LogP contribution in [0, 0.1) is 13.8 Å². The number of nitrogens with one attached hydrogen (secondary N) is 1. The molecule has 1 amide bonds. The fourth-order valence-electron chi connectivity index (χ4n) is 5.79. The van der Waals surface area contributed by atoms with Crippen LogP contribution >= 0.6 is 0 Å². The van der Waals surface area contributed by atoms with E-state index in [-0.39, 0.29) is 5.91 Å². The molecule has 0 spiro atoms. The maximum atomic E-state index is 13.5. The van der Waals surface area contributed by atoms with Crippen LogP contribution in [0.5, 0.6) is 0 Å². The lowest BCUT2D eigenvalue weighted by molar-refractivity contribution is 0.0656. The molecule has 174 valence electrons. The molecule has 0 unspecified atom stereocenters. The van der Waals surface area contributed by atoms with Crippen LogP contribution < -0.4 is 0 Å². The number of piperazine rings is 1. The molecule has 0 radical (unpaired) electrons. The molecule has 3 heterocycles. The summed E-state index contributed by atoms with van der Waals surface area (Å²) in [5.74, 6) is 0.789. The van der Waals surface area contributed by atoms with E-state index in [2.05, 4.69) is 72.1 Å². The average Bonchev–Trinajstić information content (AvgIpc) is 3.18. The predicted octanol–water partition coefficient (Wildman–Crippen LogP) is 4.55. The molecule has 0 aliphatic carbocycles. The van der Waals surface area contributed by atoms with E-state index >= 15 is 0 Å². The number of rotatable bonds is 4. The highest BCUT2D eigenvalue weighted by molar-refractivity contribution is 6.01. The number of hydrogen-bond donors (Lipinski definition) is 1. The van der Waals surface area contributed by atoms with E-state index in [9.17, 15) is 4.79 Å². The molecule has 1 aromatic heterocycles. The van der Waals surface area contributed by atoms with Crippen LogP contribution in [0.1, 0.15) is 51.5 Å². The maximum absolute atomic E-state index is 13.5. The molecule has 5 heteroatoms. The first kappa shape index (κ1) is 22.2. The van der Waals surface area contributed by atoms with E-state index in [1.54, 1.807) is 5.56 Å². The first-order chi connectivity index (χ1) is 16.0. The largest absolute Gasteiger partial charge is 0.350 e. The molecule has 2 aromatic carbocycles. The summed E-state index contributed by atoms with van der Waals surface area (Å²) in [4.78, 5) is 23.8. The van der Waals surface area contributed by atoms with E-state index < -0.39 is 0 Å². The number of aryl methyl sites for hydroxylation is 2. The van der Waals surface area contributed by atoms with Crippen LogP contribution in [0.3, 0.4) is 0 Å². The Morgan fingerprint density at radius 3 is 2.27 bits per heavy atom. The third-order valence-corrected chi connectivity index (χ3v) is 7.74. The van der Waals surface area contributed by atoms with Gasteiger partial charge in [0.05, 0.1) is 0 Å². The molecule has 2 aliphatic heterocycles. The van der Waals surface area contributed by atoms with Crippen molar-refractivity contribution in [3.8, 4) is 0 Å². The number of benzene rings is 2. The fraction of sp³-hybridized carbons (Fsp3) is 0.464. The Morgan fingerprint density at radius 2 is 1.58 bits per heavy atom. The molecule has 2 saturated heterocycles. The summed E-state index contributed by atoms with van der Waals surface area (Å²) in [5.41, 5.74) is 7.42. The molecule has 1 N–H and O–H groups in total. The molecule has 2 fully saturated rings. The lowest BCUT2D eigenvalue weighted by atomic mass is 9.84. The number of piperidine rings is 1. The third-order valence-electron chi connectivity index (χ3n) is 7.74. The Kier molecular flexibility index (Phi) is 6.26. The Morgan fingerprint density at radius 1 is 0.909 bits per heavy atom. The Labute approximate surface area is 197 Å². The van der Waals surface area contributed by atoms with E-state index in [1.807, 2.05) is 11.0 Å². The minimum atomic E-state index is 0.153. The highest BCUT2D eigenvalue weighted by atomic mass is 16.2. The zero-order chi connectivity index (χ0) is 22.9. The molecule has 0 bridgehead atoms. The van der Waals surface area contributed by atoms with Crippen LogP contribution in [0.25, 0.3) is 10.9 Å². The SMILES string of the molecule is Cc1cccc(C)c1C1CCN(Cc2c(C(=O)N3CCN(C)CC3)[nH]c3ccccc23)CC1. The quantitative estimate of drug-likeness (QED) is 0.642. The monoisotopic (exact) mass is 444 g/mol. The van der Waals surface area contributed by atoms with E-state index in [1.165, 1.54) is 34.9 Å². The zero-order valence-corrected chi connectivity index (χ0v) is 20.2. The molecule has 2 aliphatic rings. The maximum Gasteiger partial charge on any atom is 0.270 e. The van der Waals surface area contributed by atoms with Gasteiger partial charge in [0.15, 0.2) is 0 Å². The van der Waals surface area contributed by atoms with Gasteiger partial charge < -0.3 is 14.8 Å².